The smallest absolute Gasteiger partial charge is 0.266 e. The van der Waals surface area contributed by atoms with Crippen molar-refractivity contribution in [3.8, 4) is 16.9 Å². The zero-order valence-electron chi connectivity index (χ0n) is 18.1. The molecule has 0 bridgehead atoms. The minimum absolute atomic E-state index is 0.0870. The Balaban J connectivity index is 1.63. The van der Waals surface area contributed by atoms with Crippen LogP contribution in [0.5, 0.6) is 5.75 Å². The first-order valence-corrected chi connectivity index (χ1v) is 12.9. The van der Waals surface area contributed by atoms with Crippen LogP contribution in [0.2, 0.25) is 0 Å². The summed E-state index contributed by atoms with van der Waals surface area (Å²) in [5.74, 6) is 0.0260. The zero-order chi connectivity index (χ0) is 22.7. The normalized spacial score (nSPS) is 14.4. The van der Waals surface area contributed by atoms with E-state index in [-0.39, 0.29) is 10.8 Å². The highest BCUT2D eigenvalue weighted by molar-refractivity contribution is 7.89. The quantitative estimate of drug-likeness (QED) is 0.518. The third-order valence-electron chi connectivity index (χ3n) is 5.42. The summed E-state index contributed by atoms with van der Waals surface area (Å²) in [5.41, 5.74) is 3.38. The summed E-state index contributed by atoms with van der Waals surface area (Å²) in [5, 5.41) is 4.75. The fourth-order valence-electron chi connectivity index (χ4n) is 3.76. The highest BCUT2D eigenvalue weighted by atomic mass is 32.2. The van der Waals surface area contributed by atoms with E-state index in [0.29, 0.717) is 36.0 Å². The van der Waals surface area contributed by atoms with Crippen molar-refractivity contribution in [2.45, 2.75) is 31.6 Å². The van der Waals surface area contributed by atoms with E-state index in [1.807, 2.05) is 49.6 Å². The van der Waals surface area contributed by atoms with Gasteiger partial charge in [0.2, 0.25) is 10.0 Å². The van der Waals surface area contributed by atoms with Gasteiger partial charge in [-0.05, 0) is 61.9 Å². The van der Waals surface area contributed by atoms with Crippen LogP contribution in [-0.4, -0.2) is 38.3 Å². The summed E-state index contributed by atoms with van der Waals surface area (Å²) in [7, 11) is -3.70. The van der Waals surface area contributed by atoms with Crippen LogP contribution in [0, 0.1) is 6.92 Å². The number of hydrogen-bond acceptors (Lipinski definition) is 5. The van der Waals surface area contributed by atoms with Crippen LogP contribution in [0.4, 0.5) is 5.69 Å². The maximum atomic E-state index is 13.2. The standard InChI is InChI=1S/C24H26N2O4S2/c1-3-30-21-11-10-19(16-22(21)32(28,29)26-13-4-5-14-26)25-24(27)23-20(12-15-31-23)18-8-6-17(2)7-9-18/h6-12,15-16H,3-5,13-14H2,1-2H3,(H,25,27). The Morgan fingerprint density at radius 1 is 1.09 bits per heavy atom. The summed E-state index contributed by atoms with van der Waals surface area (Å²) >= 11 is 1.35. The lowest BCUT2D eigenvalue weighted by molar-refractivity contribution is 0.103. The number of carbonyl (C=O) groups is 1. The molecule has 3 aromatic rings. The van der Waals surface area contributed by atoms with Crippen molar-refractivity contribution >= 4 is 33.0 Å². The highest BCUT2D eigenvalue weighted by Crippen LogP contribution is 2.33. The largest absolute Gasteiger partial charge is 0.492 e. The number of carbonyl (C=O) groups excluding carboxylic acids is 1. The first kappa shape index (κ1) is 22.5. The molecule has 1 aliphatic heterocycles. The average molecular weight is 471 g/mol. The molecule has 1 saturated heterocycles. The molecule has 0 unspecified atom stereocenters. The van der Waals surface area contributed by atoms with E-state index < -0.39 is 10.0 Å². The van der Waals surface area contributed by atoms with E-state index in [4.69, 9.17) is 4.74 Å². The molecule has 32 heavy (non-hydrogen) atoms. The number of sulfonamides is 1. The van der Waals surface area contributed by atoms with Gasteiger partial charge < -0.3 is 10.1 Å². The van der Waals surface area contributed by atoms with Crippen LogP contribution in [0.3, 0.4) is 0 Å². The molecular weight excluding hydrogens is 444 g/mol. The van der Waals surface area contributed by atoms with Gasteiger partial charge in [0.05, 0.1) is 11.5 Å². The van der Waals surface area contributed by atoms with Crippen molar-refractivity contribution in [3.05, 3.63) is 64.4 Å². The van der Waals surface area contributed by atoms with Gasteiger partial charge in [0, 0.05) is 24.3 Å². The Morgan fingerprint density at radius 3 is 2.50 bits per heavy atom. The molecule has 2 heterocycles. The summed E-state index contributed by atoms with van der Waals surface area (Å²) < 4.78 is 33.5. The van der Waals surface area contributed by atoms with Gasteiger partial charge in [-0.2, -0.15) is 4.31 Å². The maximum Gasteiger partial charge on any atom is 0.266 e. The third kappa shape index (κ3) is 4.57. The summed E-state index contributed by atoms with van der Waals surface area (Å²) in [6.07, 6.45) is 1.69. The number of nitrogens with one attached hydrogen (secondary N) is 1. The van der Waals surface area contributed by atoms with Crippen molar-refractivity contribution in [2.24, 2.45) is 0 Å². The molecule has 1 N–H and O–H groups in total. The lowest BCUT2D eigenvalue weighted by Crippen LogP contribution is -2.28. The lowest BCUT2D eigenvalue weighted by Gasteiger charge is -2.19. The monoisotopic (exact) mass is 470 g/mol. The Morgan fingerprint density at radius 2 is 1.81 bits per heavy atom. The summed E-state index contributed by atoms with van der Waals surface area (Å²) in [6.45, 7) is 5.18. The number of amides is 1. The number of aryl methyl sites for hydroxylation is 1. The first-order chi connectivity index (χ1) is 15.4. The van der Waals surface area contributed by atoms with Gasteiger partial charge in [0.15, 0.2) is 0 Å². The third-order valence-corrected chi connectivity index (χ3v) is 8.25. The predicted molar refractivity (Wildman–Crippen MR) is 128 cm³/mol. The van der Waals surface area contributed by atoms with Gasteiger partial charge in [-0.15, -0.1) is 11.3 Å². The number of rotatable bonds is 7. The topological polar surface area (TPSA) is 75.7 Å². The van der Waals surface area contributed by atoms with Crippen LogP contribution in [0.1, 0.15) is 35.0 Å². The minimum atomic E-state index is -3.70. The van der Waals surface area contributed by atoms with Gasteiger partial charge in [-0.25, -0.2) is 8.42 Å². The van der Waals surface area contributed by atoms with Gasteiger partial charge in [0.25, 0.3) is 5.91 Å². The van der Waals surface area contributed by atoms with Crippen LogP contribution in [-0.2, 0) is 10.0 Å². The molecule has 8 heteroatoms. The van der Waals surface area contributed by atoms with Crippen molar-refractivity contribution in [2.75, 3.05) is 25.0 Å². The molecule has 0 radical (unpaired) electrons. The first-order valence-electron chi connectivity index (χ1n) is 10.6. The fourth-order valence-corrected chi connectivity index (χ4v) is 6.25. The molecule has 6 nitrogen and oxygen atoms in total. The van der Waals surface area contributed by atoms with Crippen molar-refractivity contribution < 1.29 is 17.9 Å². The van der Waals surface area contributed by atoms with Gasteiger partial charge in [-0.1, -0.05) is 29.8 Å². The Hall–Kier alpha value is -2.68. The number of benzene rings is 2. The van der Waals surface area contributed by atoms with E-state index >= 15 is 0 Å². The van der Waals surface area contributed by atoms with E-state index in [1.165, 1.54) is 21.7 Å². The van der Waals surface area contributed by atoms with Gasteiger partial charge in [-0.3, -0.25) is 4.79 Å². The second-order valence-electron chi connectivity index (χ2n) is 7.69. The van der Waals surface area contributed by atoms with Gasteiger partial charge in [0.1, 0.15) is 10.6 Å². The number of ether oxygens (including phenoxy) is 1. The summed E-state index contributed by atoms with van der Waals surface area (Å²) in [4.78, 5) is 13.7. The molecule has 4 rings (SSSR count). The number of nitrogens with zero attached hydrogens (tertiary/aromatic N) is 1. The van der Waals surface area contributed by atoms with E-state index in [1.54, 1.807) is 12.1 Å². The molecule has 0 aliphatic carbocycles. The van der Waals surface area contributed by atoms with Gasteiger partial charge >= 0.3 is 0 Å². The van der Waals surface area contributed by atoms with Crippen LogP contribution in [0.25, 0.3) is 11.1 Å². The molecule has 168 valence electrons. The summed E-state index contributed by atoms with van der Waals surface area (Å²) in [6, 6.07) is 14.7. The van der Waals surface area contributed by atoms with Crippen molar-refractivity contribution in [1.29, 1.82) is 0 Å². The lowest BCUT2D eigenvalue weighted by atomic mass is 10.0. The Kier molecular flexibility index (Phi) is 6.64. The minimum Gasteiger partial charge on any atom is -0.492 e. The molecule has 1 aliphatic rings. The Bertz CT molecular complexity index is 1210. The molecule has 0 saturated carbocycles. The molecule has 1 aromatic heterocycles. The van der Waals surface area contributed by atoms with E-state index in [2.05, 4.69) is 5.32 Å². The molecular formula is C24H26N2O4S2. The second-order valence-corrected chi connectivity index (χ2v) is 10.5. The second kappa shape index (κ2) is 9.44. The van der Waals surface area contributed by atoms with Crippen LogP contribution in [0.15, 0.2) is 58.8 Å². The number of thiophene rings is 1. The average Bonchev–Trinajstić information content (AvgIpc) is 3.48. The van der Waals surface area contributed by atoms with Crippen LogP contribution < -0.4 is 10.1 Å². The molecule has 0 atom stereocenters. The fraction of sp³-hybridized carbons (Fsp3) is 0.292. The SMILES string of the molecule is CCOc1ccc(NC(=O)c2sccc2-c2ccc(C)cc2)cc1S(=O)(=O)N1CCCC1. The van der Waals surface area contributed by atoms with E-state index in [9.17, 15) is 13.2 Å². The predicted octanol–water partition coefficient (Wildman–Crippen LogP) is 5.16. The van der Waals surface area contributed by atoms with Crippen molar-refractivity contribution in [3.63, 3.8) is 0 Å². The zero-order valence-corrected chi connectivity index (χ0v) is 19.8. The Labute approximate surface area is 192 Å². The molecule has 1 fully saturated rings. The maximum absolute atomic E-state index is 13.2. The van der Waals surface area contributed by atoms with Crippen molar-refractivity contribution in [1.82, 2.24) is 4.31 Å². The molecule has 0 spiro atoms. The number of anilines is 1. The highest BCUT2D eigenvalue weighted by Gasteiger charge is 2.30. The molecule has 1 amide bonds. The van der Waals surface area contributed by atoms with E-state index in [0.717, 1.165) is 29.5 Å². The number of hydrogen-bond donors (Lipinski definition) is 1. The molecule has 2 aromatic carbocycles. The van der Waals surface area contributed by atoms with Crippen LogP contribution >= 0.6 is 11.3 Å².